The van der Waals surface area contributed by atoms with Gasteiger partial charge in [0.2, 0.25) is 0 Å². The van der Waals surface area contributed by atoms with Crippen molar-refractivity contribution >= 4 is 5.69 Å². The number of rotatable bonds is 3. The van der Waals surface area contributed by atoms with Crippen LogP contribution < -0.4 is 16.2 Å². The summed E-state index contributed by atoms with van der Waals surface area (Å²) >= 11 is 0. The van der Waals surface area contributed by atoms with Crippen molar-refractivity contribution < 1.29 is 9.13 Å². The van der Waals surface area contributed by atoms with Crippen molar-refractivity contribution in [2.24, 2.45) is 5.73 Å². The maximum absolute atomic E-state index is 13.0. The normalized spacial score (nSPS) is 10.1. The first kappa shape index (κ1) is 9.80. The van der Waals surface area contributed by atoms with Crippen molar-refractivity contribution in [2.75, 3.05) is 12.3 Å². The standard InChI is InChI=1S/C9H13FN2O/c1-2-13-9-4-8(12)7(10)3-6(9)5-11/h3-4H,2,5,11-12H2,1H3. The van der Waals surface area contributed by atoms with Gasteiger partial charge in [0, 0.05) is 18.2 Å². The molecule has 0 saturated heterocycles. The summed E-state index contributed by atoms with van der Waals surface area (Å²) in [6.45, 7) is 2.60. The highest BCUT2D eigenvalue weighted by Crippen LogP contribution is 2.24. The third-order valence-electron chi connectivity index (χ3n) is 1.70. The fourth-order valence-corrected chi connectivity index (χ4v) is 1.06. The summed E-state index contributed by atoms with van der Waals surface area (Å²) in [5.74, 6) is 0.104. The largest absolute Gasteiger partial charge is 0.493 e. The van der Waals surface area contributed by atoms with Gasteiger partial charge in [-0.25, -0.2) is 4.39 Å². The Morgan fingerprint density at radius 3 is 2.69 bits per heavy atom. The summed E-state index contributed by atoms with van der Waals surface area (Å²) in [5, 5.41) is 0. The number of ether oxygens (including phenoxy) is 1. The molecule has 0 bridgehead atoms. The van der Waals surface area contributed by atoms with Crippen LogP contribution >= 0.6 is 0 Å². The first-order chi connectivity index (χ1) is 6.19. The third-order valence-corrected chi connectivity index (χ3v) is 1.70. The van der Waals surface area contributed by atoms with Gasteiger partial charge >= 0.3 is 0 Å². The van der Waals surface area contributed by atoms with E-state index in [0.717, 1.165) is 0 Å². The summed E-state index contributed by atoms with van der Waals surface area (Å²) in [7, 11) is 0. The topological polar surface area (TPSA) is 61.3 Å². The zero-order valence-corrected chi connectivity index (χ0v) is 7.51. The summed E-state index contributed by atoms with van der Waals surface area (Å²) in [6, 6.07) is 2.77. The Labute approximate surface area is 76.5 Å². The van der Waals surface area contributed by atoms with E-state index in [2.05, 4.69) is 0 Å². The molecular weight excluding hydrogens is 171 g/mol. The molecule has 0 aliphatic rings. The number of halogens is 1. The molecule has 13 heavy (non-hydrogen) atoms. The van der Waals surface area contributed by atoms with Crippen LogP contribution in [0.3, 0.4) is 0 Å². The van der Waals surface area contributed by atoms with E-state index in [0.29, 0.717) is 17.9 Å². The molecule has 1 aromatic rings. The molecule has 4 N–H and O–H groups in total. The minimum Gasteiger partial charge on any atom is -0.493 e. The molecule has 0 amide bonds. The lowest BCUT2D eigenvalue weighted by Gasteiger charge is -2.09. The maximum atomic E-state index is 13.0. The number of hydrogen-bond donors (Lipinski definition) is 2. The first-order valence-corrected chi connectivity index (χ1v) is 4.09. The lowest BCUT2D eigenvalue weighted by Crippen LogP contribution is -2.04. The van der Waals surface area contributed by atoms with Crippen LogP contribution in [0.4, 0.5) is 10.1 Å². The van der Waals surface area contributed by atoms with Gasteiger partial charge in [-0.15, -0.1) is 0 Å². The summed E-state index contributed by atoms with van der Waals surface area (Å²) in [4.78, 5) is 0. The molecule has 0 fully saturated rings. The van der Waals surface area contributed by atoms with E-state index in [1.807, 2.05) is 6.92 Å². The smallest absolute Gasteiger partial charge is 0.146 e. The van der Waals surface area contributed by atoms with E-state index >= 15 is 0 Å². The Morgan fingerprint density at radius 2 is 2.15 bits per heavy atom. The quantitative estimate of drug-likeness (QED) is 0.695. The van der Waals surface area contributed by atoms with Gasteiger partial charge in [-0.05, 0) is 13.0 Å². The minimum atomic E-state index is -0.455. The van der Waals surface area contributed by atoms with E-state index < -0.39 is 5.82 Å². The molecule has 72 valence electrons. The molecule has 3 nitrogen and oxygen atoms in total. The first-order valence-electron chi connectivity index (χ1n) is 4.09. The van der Waals surface area contributed by atoms with Crippen LogP contribution in [0.25, 0.3) is 0 Å². The molecule has 1 rings (SSSR count). The molecule has 0 heterocycles. The van der Waals surface area contributed by atoms with E-state index in [1.165, 1.54) is 12.1 Å². The van der Waals surface area contributed by atoms with Crippen molar-refractivity contribution in [1.82, 2.24) is 0 Å². The van der Waals surface area contributed by atoms with Gasteiger partial charge in [-0.3, -0.25) is 0 Å². The van der Waals surface area contributed by atoms with Crippen LogP contribution in [0.5, 0.6) is 5.75 Å². The lowest BCUT2D eigenvalue weighted by atomic mass is 10.1. The van der Waals surface area contributed by atoms with Crippen LogP contribution in [0.1, 0.15) is 12.5 Å². The SMILES string of the molecule is CCOc1cc(N)c(F)cc1CN. The van der Waals surface area contributed by atoms with E-state index in [-0.39, 0.29) is 12.2 Å². The minimum absolute atomic E-state index is 0.0839. The van der Waals surface area contributed by atoms with Crippen molar-refractivity contribution in [3.8, 4) is 5.75 Å². The van der Waals surface area contributed by atoms with Crippen LogP contribution in [0, 0.1) is 5.82 Å². The zero-order valence-electron chi connectivity index (χ0n) is 7.51. The molecule has 0 saturated carbocycles. The van der Waals surface area contributed by atoms with Crippen LogP contribution in [0.2, 0.25) is 0 Å². The summed E-state index contributed by atoms with van der Waals surface area (Å²) in [6.07, 6.45) is 0. The average Bonchev–Trinajstić information content (AvgIpc) is 2.11. The molecule has 0 aliphatic carbocycles. The molecular formula is C9H13FN2O. The average molecular weight is 184 g/mol. The van der Waals surface area contributed by atoms with Gasteiger partial charge in [0.1, 0.15) is 11.6 Å². The van der Waals surface area contributed by atoms with E-state index in [1.54, 1.807) is 0 Å². The van der Waals surface area contributed by atoms with Crippen LogP contribution in [-0.4, -0.2) is 6.61 Å². The summed E-state index contributed by atoms with van der Waals surface area (Å²) < 4.78 is 18.2. The van der Waals surface area contributed by atoms with Gasteiger partial charge in [0.15, 0.2) is 0 Å². The molecule has 0 unspecified atom stereocenters. The van der Waals surface area contributed by atoms with Gasteiger partial charge < -0.3 is 16.2 Å². The van der Waals surface area contributed by atoms with Crippen molar-refractivity contribution in [2.45, 2.75) is 13.5 Å². The monoisotopic (exact) mass is 184 g/mol. The second-order valence-corrected chi connectivity index (χ2v) is 2.62. The molecule has 0 radical (unpaired) electrons. The molecule has 0 atom stereocenters. The molecule has 1 aromatic carbocycles. The lowest BCUT2D eigenvalue weighted by molar-refractivity contribution is 0.336. The zero-order chi connectivity index (χ0) is 9.84. The van der Waals surface area contributed by atoms with Crippen molar-refractivity contribution in [3.05, 3.63) is 23.5 Å². The number of hydrogen-bond acceptors (Lipinski definition) is 3. The van der Waals surface area contributed by atoms with E-state index in [4.69, 9.17) is 16.2 Å². The second kappa shape index (κ2) is 4.09. The Kier molecular flexibility index (Phi) is 3.08. The highest BCUT2D eigenvalue weighted by Gasteiger charge is 2.06. The van der Waals surface area contributed by atoms with Crippen molar-refractivity contribution in [3.63, 3.8) is 0 Å². The van der Waals surface area contributed by atoms with Crippen molar-refractivity contribution in [1.29, 1.82) is 0 Å². The van der Waals surface area contributed by atoms with Gasteiger partial charge in [0.25, 0.3) is 0 Å². The Bertz CT molecular complexity index is 302. The number of nitrogens with two attached hydrogens (primary N) is 2. The number of nitrogen functional groups attached to an aromatic ring is 1. The second-order valence-electron chi connectivity index (χ2n) is 2.62. The molecule has 4 heteroatoms. The van der Waals surface area contributed by atoms with Gasteiger partial charge in [0.05, 0.1) is 12.3 Å². The molecule has 0 aliphatic heterocycles. The summed E-state index contributed by atoms with van der Waals surface area (Å²) in [5.41, 5.74) is 11.5. The predicted octanol–water partition coefficient (Wildman–Crippen LogP) is 1.27. The van der Waals surface area contributed by atoms with Gasteiger partial charge in [-0.1, -0.05) is 0 Å². The Balaban J connectivity index is 3.09. The Hall–Kier alpha value is -1.29. The maximum Gasteiger partial charge on any atom is 0.146 e. The number of benzene rings is 1. The van der Waals surface area contributed by atoms with Crippen LogP contribution in [-0.2, 0) is 6.54 Å². The number of anilines is 1. The van der Waals surface area contributed by atoms with Gasteiger partial charge in [-0.2, -0.15) is 0 Å². The van der Waals surface area contributed by atoms with E-state index in [9.17, 15) is 4.39 Å². The Morgan fingerprint density at radius 1 is 1.46 bits per heavy atom. The highest BCUT2D eigenvalue weighted by molar-refractivity contribution is 5.49. The fourth-order valence-electron chi connectivity index (χ4n) is 1.06. The van der Waals surface area contributed by atoms with Crippen LogP contribution in [0.15, 0.2) is 12.1 Å². The fraction of sp³-hybridized carbons (Fsp3) is 0.333. The third kappa shape index (κ3) is 2.09. The highest BCUT2D eigenvalue weighted by atomic mass is 19.1. The predicted molar refractivity (Wildman–Crippen MR) is 49.9 cm³/mol. The molecule has 0 aromatic heterocycles. The molecule has 0 spiro atoms.